The highest BCUT2D eigenvalue weighted by Gasteiger charge is 2.30. The van der Waals surface area contributed by atoms with E-state index in [-0.39, 0.29) is 23.7 Å². The Balaban J connectivity index is 1.87. The molecule has 1 aromatic carbocycles. The molecule has 1 N–H and O–H groups in total. The summed E-state index contributed by atoms with van der Waals surface area (Å²) in [7, 11) is 1.65. The summed E-state index contributed by atoms with van der Waals surface area (Å²) in [5, 5.41) is 18.1. The molecule has 1 fully saturated rings. The Morgan fingerprint density at radius 3 is 3.00 bits per heavy atom. The normalized spacial score (nSPS) is 21.6. The minimum absolute atomic E-state index is 0.0426. The molecule has 0 bridgehead atoms. The lowest BCUT2D eigenvalue weighted by Gasteiger charge is -2.04. The minimum Gasteiger partial charge on any atom is -0.380 e. The Hall–Kier alpha value is -2.32. The van der Waals surface area contributed by atoms with Crippen molar-refractivity contribution in [3.63, 3.8) is 0 Å². The van der Waals surface area contributed by atoms with Crippen molar-refractivity contribution in [1.82, 2.24) is 15.5 Å². The van der Waals surface area contributed by atoms with Crippen molar-refractivity contribution in [3.8, 4) is 11.4 Å². The number of aromatic nitrogens is 2. The van der Waals surface area contributed by atoms with Crippen molar-refractivity contribution in [2.24, 2.45) is 0 Å². The number of ether oxygens (including phenoxy) is 1. The lowest BCUT2D eigenvalue weighted by Crippen LogP contribution is -2.16. The van der Waals surface area contributed by atoms with Crippen molar-refractivity contribution in [3.05, 3.63) is 40.3 Å². The zero-order chi connectivity index (χ0) is 14.8. The van der Waals surface area contributed by atoms with Gasteiger partial charge in [-0.3, -0.25) is 10.1 Å². The van der Waals surface area contributed by atoms with Crippen molar-refractivity contribution < 1.29 is 14.2 Å². The zero-order valence-electron chi connectivity index (χ0n) is 11.4. The van der Waals surface area contributed by atoms with Crippen LogP contribution >= 0.6 is 0 Å². The van der Waals surface area contributed by atoms with Crippen molar-refractivity contribution in [2.45, 2.75) is 18.6 Å². The van der Waals surface area contributed by atoms with Gasteiger partial charge in [-0.25, -0.2) is 0 Å². The van der Waals surface area contributed by atoms with Crippen molar-refractivity contribution in [2.75, 3.05) is 13.7 Å². The quantitative estimate of drug-likeness (QED) is 0.675. The van der Waals surface area contributed by atoms with Gasteiger partial charge >= 0.3 is 0 Å². The molecule has 1 aromatic heterocycles. The van der Waals surface area contributed by atoms with E-state index in [1.54, 1.807) is 25.3 Å². The third-order valence-corrected chi connectivity index (χ3v) is 3.51. The minimum atomic E-state index is -0.458. The molecule has 1 aliphatic rings. The highest BCUT2D eigenvalue weighted by atomic mass is 16.6. The topological polar surface area (TPSA) is 103 Å². The van der Waals surface area contributed by atoms with Gasteiger partial charge in [0.2, 0.25) is 11.7 Å². The fourth-order valence-corrected chi connectivity index (χ4v) is 2.38. The first kappa shape index (κ1) is 13.7. The number of para-hydroxylation sites is 1. The monoisotopic (exact) mass is 290 g/mol. The maximum atomic E-state index is 11.0. The molecule has 0 unspecified atom stereocenters. The molecule has 2 atom stereocenters. The van der Waals surface area contributed by atoms with Gasteiger partial charge in [-0.05, 0) is 12.5 Å². The Morgan fingerprint density at radius 1 is 1.48 bits per heavy atom. The molecule has 1 aliphatic heterocycles. The van der Waals surface area contributed by atoms with E-state index in [1.807, 2.05) is 0 Å². The van der Waals surface area contributed by atoms with E-state index in [1.165, 1.54) is 6.07 Å². The van der Waals surface area contributed by atoms with Crippen LogP contribution in [0.3, 0.4) is 0 Å². The van der Waals surface area contributed by atoms with Crippen molar-refractivity contribution >= 4 is 5.69 Å². The van der Waals surface area contributed by atoms with Gasteiger partial charge in [0.05, 0.1) is 17.1 Å². The summed E-state index contributed by atoms with van der Waals surface area (Å²) in [6.45, 7) is 0.713. The molecule has 110 valence electrons. The van der Waals surface area contributed by atoms with E-state index in [9.17, 15) is 10.1 Å². The molecule has 0 aliphatic carbocycles. The molecule has 8 heteroatoms. The Labute approximate surface area is 120 Å². The number of hydrogen-bond acceptors (Lipinski definition) is 7. The standard InChI is InChI=1S/C13H14N4O4/c1-20-8-6-10(14-7-8)13-15-12(16-21-13)9-4-2-3-5-11(9)17(18)19/h2-5,8,10,14H,6-7H2,1H3/t8-,10+/m0/s1. The molecular weight excluding hydrogens is 276 g/mol. The maximum absolute atomic E-state index is 11.0. The SMILES string of the molecule is CO[C@@H]1CN[C@@H](c2nc(-c3ccccc3[N+](=O)[O-])no2)C1. The second-order valence-corrected chi connectivity index (χ2v) is 4.78. The van der Waals surface area contributed by atoms with E-state index in [0.717, 1.165) is 6.42 Å². The summed E-state index contributed by atoms with van der Waals surface area (Å²) in [5.41, 5.74) is 0.304. The van der Waals surface area contributed by atoms with Crippen LogP contribution in [0.2, 0.25) is 0 Å². The fraction of sp³-hybridized carbons (Fsp3) is 0.385. The Kier molecular flexibility index (Phi) is 3.63. The van der Waals surface area contributed by atoms with Crippen LogP contribution in [0.15, 0.2) is 28.8 Å². The maximum Gasteiger partial charge on any atom is 0.280 e. The van der Waals surface area contributed by atoms with E-state index in [4.69, 9.17) is 9.26 Å². The van der Waals surface area contributed by atoms with Crippen LogP contribution < -0.4 is 5.32 Å². The molecule has 0 radical (unpaired) electrons. The van der Waals surface area contributed by atoms with Gasteiger partial charge in [0.1, 0.15) is 5.56 Å². The van der Waals surface area contributed by atoms with E-state index in [0.29, 0.717) is 18.0 Å². The molecule has 1 saturated heterocycles. The molecule has 8 nitrogen and oxygen atoms in total. The Bertz CT molecular complexity index is 657. The molecule has 0 amide bonds. The summed E-state index contributed by atoms with van der Waals surface area (Å²) >= 11 is 0. The lowest BCUT2D eigenvalue weighted by molar-refractivity contribution is -0.384. The van der Waals surface area contributed by atoms with E-state index >= 15 is 0 Å². The molecule has 0 spiro atoms. The molecule has 3 rings (SSSR count). The van der Waals surface area contributed by atoms with Gasteiger partial charge in [-0.1, -0.05) is 17.3 Å². The second kappa shape index (κ2) is 5.58. The zero-order valence-corrected chi connectivity index (χ0v) is 11.4. The highest BCUT2D eigenvalue weighted by Crippen LogP contribution is 2.30. The number of rotatable bonds is 4. The first-order valence-electron chi connectivity index (χ1n) is 6.52. The number of nitro benzene ring substituents is 1. The van der Waals surface area contributed by atoms with E-state index in [2.05, 4.69) is 15.5 Å². The summed E-state index contributed by atoms with van der Waals surface area (Å²) in [4.78, 5) is 14.8. The number of nitro groups is 1. The summed E-state index contributed by atoms with van der Waals surface area (Å²) in [6, 6.07) is 6.24. The molecule has 21 heavy (non-hydrogen) atoms. The van der Waals surface area contributed by atoms with Gasteiger partial charge in [-0.15, -0.1) is 0 Å². The third kappa shape index (κ3) is 2.63. The number of hydrogen-bond donors (Lipinski definition) is 1. The van der Waals surface area contributed by atoms with Crippen molar-refractivity contribution in [1.29, 1.82) is 0 Å². The predicted octanol–water partition coefficient (Wildman–Crippen LogP) is 1.69. The first-order valence-corrected chi connectivity index (χ1v) is 6.52. The molecule has 0 saturated carbocycles. The smallest absolute Gasteiger partial charge is 0.280 e. The molecular formula is C13H14N4O4. The average Bonchev–Trinajstić information content (AvgIpc) is 3.16. The van der Waals surface area contributed by atoms with Gasteiger partial charge in [-0.2, -0.15) is 4.98 Å². The summed E-state index contributed by atoms with van der Waals surface area (Å²) in [6.07, 6.45) is 0.839. The summed E-state index contributed by atoms with van der Waals surface area (Å²) in [5.74, 6) is 0.641. The van der Waals surface area contributed by atoms with Gasteiger partial charge < -0.3 is 14.6 Å². The van der Waals surface area contributed by atoms with E-state index < -0.39 is 4.92 Å². The van der Waals surface area contributed by atoms with Gasteiger partial charge in [0.25, 0.3) is 5.69 Å². The first-order chi connectivity index (χ1) is 10.2. The highest BCUT2D eigenvalue weighted by molar-refractivity contribution is 5.67. The van der Waals surface area contributed by atoms with Crippen LogP contribution in [0, 0.1) is 10.1 Å². The van der Waals surface area contributed by atoms with Gasteiger partial charge in [0.15, 0.2) is 0 Å². The fourth-order valence-electron chi connectivity index (χ4n) is 2.38. The average molecular weight is 290 g/mol. The number of methoxy groups -OCH3 is 1. The van der Waals surface area contributed by atoms with Crippen LogP contribution in [0.5, 0.6) is 0 Å². The molecule has 2 heterocycles. The van der Waals surface area contributed by atoms with Crippen LogP contribution in [-0.2, 0) is 4.74 Å². The lowest BCUT2D eigenvalue weighted by atomic mass is 10.1. The van der Waals surface area contributed by atoms with Crippen LogP contribution in [0.25, 0.3) is 11.4 Å². The van der Waals surface area contributed by atoms with Crippen LogP contribution in [-0.4, -0.2) is 34.8 Å². The number of nitrogens with one attached hydrogen (secondary N) is 1. The number of benzene rings is 1. The second-order valence-electron chi connectivity index (χ2n) is 4.78. The predicted molar refractivity (Wildman–Crippen MR) is 72.5 cm³/mol. The van der Waals surface area contributed by atoms with Crippen LogP contribution in [0.1, 0.15) is 18.4 Å². The van der Waals surface area contributed by atoms with Gasteiger partial charge in [0, 0.05) is 19.7 Å². The largest absolute Gasteiger partial charge is 0.380 e. The molecule has 2 aromatic rings. The number of nitrogens with zero attached hydrogens (tertiary/aromatic N) is 3. The third-order valence-electron chi connectivity index (χ3n) is 3.51. The summed E-state index contributed by atoms with van der Waals surface area (Å²) < 4.78 is 10.5. The van der Waals surface area contributed by atoms with Crippen LogP contribution in [0.4, 0.5) is 5.69 Å². The Morgan fingerprint density at radius 2 is 2.29 bits per heavy atom.